The van der Waals surface area contributed by atoms with Crippen molar-refractivity contribution in [3.8, 4) is 0 Å². The summed E-state index contributed by atoms with van der Waals surface area (Å²) < 4.78 is 0. The largest absolute Gasteiger partial charge is 0.0839 e. The highest BCUT2D eigenvalue weighted by molar-refractivity contribution is 5.33. The van der Waals surface area contributed by atoms with Crippen LogP contribution in [0.5, 0.6) is 0 Å². The monoisotopic (exact) mass is 208 g/mol. The van der Waals surface area contributed by atoms with E-state index in [1.54, 1.807) is 11.1 Å². The molecule has 0 aliphatic heterocycles. The zero-order valence-electron chi connectivity index (χ0n) is 11.6. The zero-order chi connectivity index (χ0) is 12.1. The highest BCUT2D eigenvalue weighted by Crippen LogP contribution is 2.37. The fraction of sp³-hybridized carbons (Fsp3) is 0.733. The summed E-state index contributed by atoms with van der Waals surface area (Å²) in [5, 5.41) is 0. The van der Waals surface area contributed by atoms with Gasteiger partial charge in [-0.15, -0.1) is 0 Å². The molecule has 0 saturated heterocycles. The fourth-order valence-corrected chi connectivity index (χ4v) is 2.03. The van der Waals surface area contributed by atoms with E-state index in [9.17, 15) is 0 Å². The molecule has 1 aliphatic rings. The van der Waals surface area contributed by atoms with Crippen molar-refractivity contribution in [2.45, 2.75) is 61.3 Å². The van der Waals surface area contributed by atoms with Crippen LogP contribution in [0.25, 0.3) is 0 Å². The van der Waals surface area contributed by atoms with Crippen LogP contribution in [0.4, 0.5) is 0 Å². The summed E-state index contributed by atoms with van der Waals surface area (Å²) in [4.78, 5) is 0. The highest BCUT2D eigenvalue weighted by atomic mass is 14.3. The standard InChI is InChI=1S/C13H22.C2H6/c1-10(2)11-8-6-7-9-12(11)13(3,4)5;1-2/h6,8,10H,7,9H2,1-5H3;1-2H3. The molecule has 0 heteroatoms. The molecule has 0 unspecified atom stereocenters. The van der Waals surface area contributed by atoms with Crippen molar-refractivity contribution in [1.29, 1.82) is 0 Å². The maximum atomic E-state index is 2.33. The Labute approximate surface area is 96.5 Å². The molecule has 0 aromatic rings. The summed E-state index contributed by atoms with van der Waals surface area (Å²) in [6.07, 6.45) is 7.12. The molecule has 1 aliphatic carbocycles. The lowest BCUT2D eigenvalue weighted by atomic mass is 9.76. The topological polar surface area (TPSA) is 0 Å². The Balaban J connectivity index is 0.000000921. The van der Waals surface area contributed by atoms with Crippen LogP contribution in [0.3, 0.4) is 0 Å². The Morgan fingerprint density at radius 2 is 1.67 bits per heavy atom. The minimum Gasteiger partial charge on any atom is -0.0839 e. The van der Waals surface area contributed by atoms with Gasteiger partial charge >= 0.3 is 0 Å². The molecule has 0 atom stereocenters. The van der Waals surface area contributed by atoms with Crippen LogP contribution in [0.1, 0.15) is 61.3 Å². The van der Waals surface area contributed by atoms with E-state index < -0.39 is 0 Å². The second-order valence-corrected chi connectivity index (χ2v) is 5.28. The van der Waals surface area contributed by atoms with Gasteiger partial charge in [-0.1, -0.05) is 66.2 Å². The molecule has 15 heavy (non-hydrogen) atoms. The number of rotatable bonds is 1. The van der Waals surface area contributed by atoms with E-state index in [0.29, 0.717) is 11.3 Å². The van der Waals surface area contributed by atoms with Crippen molar-refractivity contribution >= 4 is 0 Å². The van der Waals surface area contributed by atoms with Gasteiger partial charge in [0.2, 0.25) is 0 Å². The van der Waals surface area contributed by atoms with Crippen LogP contribution in [-0.4, -0.2) is 0 Å². The summed E-state index contributed by atoms with van der Waals surface area (Å²) in [7, 11) is 0. The Morgan fingerprint density at radius 1 is 1.13 bits per heavy atom. The molecule has 0 radical (unpaired) electrons. The van der Waals surface area contributed by atoms with E-state index in [1.807, 2.05) is 13.8 Å². The van der Waals surface area contributed by atoms with E-state index in [2.05, 4.69) is 46.8 Å². The summed E-state index contributed by atoms with van der Waals surface area (Å²) >= 11 is 0. The second-order valence-electron chi connectivity index (χ2n) is 5.28. The van der Waals surface area contributed by atoms with Gasteiger partial charge in [0.05, 0.1) is 0 Å². The van der Waals surface area contributed by atoms with Gasteiger partial charge in [-0.3, -0.25) is 0 Å². The number of hydrogen-bond donors (Lipinski definition) is 0. The minimum atomic E-state index is 0.352. The number of allylic oxidation sites excluding steroid dienone is 4. The molecular formula is C15H28. The summed E-state index contributed by atoms with van der Waals surface area (Å²) in [6.45, 7) is 15.5. The summed E-state index contributed by atoms with van der Waals surface area (Å²) in [6, 6.07) is 0. The molecule has 88 valence electrons. The molecule has 0 amide bonds. The van der Waals surface area contributed by atoms with Crippen LogP contribution < -0.4 is 0 Å². The van der Waals surface area contributed by atoms with Crippen molar-refractivity contribution in [3.05, 3.63) is 23.3 Å². The maximum Gasteiger partial charge on any atom is -0.0167 e. The van der Waals surface area contributed by atoms with Gasteiger partial charge in [-0.2, -0.15) is 0 Å². The molecule has 1 rings (SSSR count). The summed E-state index contributed by atoms with van der Waals surface area (Å²) in [5.74, 6) is 0.672. The SMILES string of the molecule is CC.CC(C)C1=C(C(C)(C)C)CCC=C1. The molecule has 0 nitrogen and oxygen atoms in total. The third kappa shape index (κ3) is 4.24. The van der Waals surface area contributed by atoms with E-state index in [4.69, 9.17) is 0 Å². The third-order valence-corrected chi connectivity index (χ3v) is 2.73. The smallest absolute Gasteiger partial charge is 0.0167 e. The van der Waals surface area contributed by atoms with Gasteiger partial charge < -0.3 is 0 Å². The normalized spacial score (nSPS) is 16.5. The second kappa shape index (κ2) is 6.15. The molecule has 0 saturated carbocycles. The zero-order valence-corrected chi connectivity index (χ0v) is 11.6. The lowest BCUT2D eigenvalue weighted by Gasteiger charge is -2.29. The predicted octanol–water partition coefficient (Wildman–Crippen LogP) is 5.36. The van der Waals surface area contributed by atoms with E-state index >= 15 is 0 Å². The maximum absolute atomic E-state index is 2.33. The van der Waals surface area contributed by atoms with Crippen LogP contribution in [0.2, 0.25) is 0 Å². The summed E-state index contributed by atoms with van der Waals surface area (Å²) in [5.41, 5.74) is 3.58. The van der Waals surface area contributed by atoms with Crippen LogP contribution >= 0.6 is 0 Å². The molecule has 0 aromatic heterocycles. The molecular weight excluding hydrogens is 180 g/mol. The lowest BCUT2D eigenvalue weighted by Crippen LogP contribution is -2.15. The molecule has 0 heterocycles. The lowest BCUT2D eigenvalue weighted by molar-refractivity contribution is 0.468. The van der Waals surface area contributed by atoms with E-state index in [-0.39, 0.29) is 0 Å². The van der Waals surface area contributed by atoms with Crippen molar-refractivity contribution in [1.82, 2.24) is 0 Å². The fourth-order valence-electron chi connectivity index (χ4n) is 2.03. The van der Waals surface area contributed by atoms with Gasteiger partial charge in [-0.05, 0) is 29.7 Å². The molecule has 0 bridgehead atoms. The van der Waals surface area contributed by atoms with Crippen LogP contribution in [0, 0.1) is 11.3 Å². The van der Waals surface area contributed by atoms with Crippen molar-refractivity contribution in [2.24, 2.45) is 11.3 Å². The van der Waals surface area contributed by atoms with E-state index in [1.165, 1.54) is 12.8 Å². The molecule has 0 fully saturated rings. The first kappa shape index (κ1) is 14.5. The third-order valence-electron chi connectivity index (χ3n) is 2.73. The Bertz CT molecular complexity index is 233. The van der Waals surface area contributed by atoms with Crippen molar-refractivity contribution in [2.75, 3.05) is 0 Å². The Kier molecular flexibility index (Phi) is 5.93. The Hall–Kier alpha value is -0.520. The van der Waals surface area contributed by atoms with E-state index in [0.717, 1.165) is 0 Å². The molecule has 0 N–H and O–H groups in total. The first-order valence-electron chi connectivity index (χ1n) is 6.33. The molecule has 0 spiro atoms. The van der Waals surface area contributed by atoms with Crippen LogP contribution in [0.15, 0.2) is 23.3 Å². The first-order valence-corrected chi connectivity index (χ1v) is 6.33. The highest BCUT2D eigenvalue weighted by Gasteiger charge is 2.22. The van der Waals surface area contributed by atoms with Gasteiger partial charge in [0, 0.05) is 0 Å². The average molecular weight is 208 g/mol. The van der Waals surface area contributed by atoms with Gasteiger partial charge in [0.15, 0.2) is 0 Å². The van der Waals surface area contributed by atoms with Crippen molar-refractivity contribution in [3.63, 3.8) is 0 Å². The predicted molar refractivity (Wildman–Crippen MR) is 71.0 cm³/mol. The van der Waals surface area contributed by atoms with Gasteiger partial charge in [-0.25, -0.2) is 0 Å². The van der Waals surface area contributed by atoms with Crippen molar-refractivity contribution < 1.29 is 0 Å². The minimum absolute atomic E-state index is 0.352. The van der Waals surface area contributed by atoms with Crippen LogP contribution in [-0.2, 0) is 0 Å². The van der Waals surface area contributed by atoms with Gasteiger partial charge in [0.1, 0.15) is 0 Å². The first-order chi connectivity index (χ1) is 6.93. The Morgan fingerprint density at radius 3 is 2.00 bits per heavy atom. The number of hydrogen-bond acceptors (Lipinski definition) is 0. The average Bonchev–Trinajstić information content (AvgIpc) is 2.19. The quantitative estimate of drug-likeness (QED) is 0.544. The van der Waals surface area contributed by atoms with Gasteiger partial charge in [0.25, 0.3) is 0 Å². The molecule has 0 aromatic carbocycles.